The van der Waals surface area contributed by atoms with Crippen molar-refractivity contribution in [2.45, 2.75) is 78.6 Å². The van der Waals surface area contributed by atoms with Crippen LogP contribution in [0.4, 0.5) is 0 Å². The fraction of sp³-hybridized carbons (Fsp3) is 0.760. The van der Waals surface area contributed by atoms with Crippen LogP contribution in [0.5, 0.6) is 0 Å². The van der Waals surface area contributed by atoms with E-state index in [0.717, 1.165) is 47.4 Å². The predicted octanol–water partition coefficient (Wildman–Crippen LogP) is 5.72. The van der Waals surface area contributed by atoms with E-state index in [4.69, 9.17) is 0 Å². The molecule has 28 heavy (non-hydrogen) atoms. The minimum absolute atomic E-state index is 0.124. The van der Waals surface area contributed by atoms with Crippen LogP contribution in [0.3, 0.4) is 0 Å². The molecule has 3 nitrogen and oxygen atoms in total. The van der Waals surface area contributed by atoms with Crippen LogP contribution in [-0.2, 0) is 11.8 Å². The van der Waals surface area contributed by atoms with Gasteiger partial charge in [0.15, 0.2) is 5.78 Å². The van der Waals surface area contributed by atoms with E-state index in [1.807, 2.05) is 17.9 Å². The third-order valence-corrected chi connectivity index (χ3v) is 9.83. The van der Waals surface area contributed by atoms with Crippen molar-refractivity contribution >= 4 is 11.9 Å². The first kappa shape index (κ1) is 18.6. The van der Waals surface area contributed by atoms with Crippen LogP contribution >= 0.6 is 0 Å². The third kappa shape index (κ3) is 2.47. The molecule has 3 heteroatoms. The van der Waals surface area contributed by atoms with Gasteiger partial charge in [-0.1, -0.05) is 26.7 Å². The van der Waals surface area contributed by atoms with Gasteiger partial charge in [0, 0.05) is 23.7 Å². The van der Waals surface area contributed by atoms with E-state index in [9.17, 15) is 4.79 Å². The zero-order chi connectivity index (χ0) is 19.7. The second kappa shape index (κ2) is 6.31. The number of nitrogens with zero attached hydrogens (tertiary/aromatic N) is 2. The number of hydrogen-bond donors (Lipinski definition) is 0. The van der Waals surface area contributed by atoms with Gasteiger partial charge in [0.25, 0.3) is 0 Å². The van der Waals surface area contributed by atoms with Crippen LogP contribution in [0.15, 0.2) is 11.8 Å². The number of fused-ring (bicyclic) bond motifs is 5. The van der Waals surface area contributed by atoms with Crippen LogP contribution in [0.25, 0.3) is 6.08 Å². The van der Waals surface area contributed by atoms with E-state index in [0.29, 0.717) is 17.1 Å². The van der Waals surface area contributed by atoms with Crippen LogP contribution in [-0.4, -0.2) is 15.6 Å². The number of ketones is 1. The fourth-order valence-corrected chi connectivity index (χ4v) is 7.94. The van der Waals surface area contributed by atoms with E-state index in [1.54, 1.807) is 0 Å². The lowest BCUT2D eigenvalue weighted by atomic mass is 9.45. The summed E-state index contributed by atoms with van der Waals surface area (Å²) in [6.07, 6.45) is 15.9. The summed E-state index contributed by atoms with van der Waals surface area (Å²) in [6, 6.07) is 0. The molecule has 0 bridgehead atoms. The first-order chi connectivity index (χ1) is 13.3. The van der Waals surface area contributed by atoms with Crippen molar-refractivity contribution in [1.82, 2.24) is 9.78 Å². The van der Waals surface area contributed by atoms with Gasteiger partial charge in [-0.15, -0.1) is 0 Å². The number of rotatable bonds is 1. The highest BCUT2D eigenvalue weighted by Gasteiger charge is 2.60. The van der Waals surface area contributed by atoms with Crippen molar-refractivity contribution in [1.29, 1.82) is 0 Å². The summed E-state index contributed by atoms with van der Waals surface area (Å²) in [6.45, 7) is 7.00. The van der Waals surface area contributed by atoms with E-state index in [1.165, 1.54) is 44.9 Å². The van der Waals surface area contributed by atoms with Gasteiger partial charge in [-0.3, -0.25) is 9.48 Å². The minimum atomic E-state index is -0.124. The highest BCUT2D eigenvalue weighted by atomic mass is 16.1. The van der Waals surface area contributed by atoms with Gasteiger partial charge in [-0.05, 0) is 92.6 Å². The fourth-order valence-electron chi connectivity index (χ4n) is 7.94. The van der Waals surface area contributed by atoms with Crippen LogP contribution in [0.1, 0.15) is 82.9 Å². The lowest BCUT2D eigenvalue weighted by Gasteiger charge is -2.59. The summed E-state index contributed by atoms with van der Waals surface area (Å²) in [4.78, 5) is 13.5. The standard InChI is InChI=1S/C25H36N2O/c1-16-18(15-26-27(16)4)13-17-14-22-20-9-8-19-7-5-6-11-24(19,2)21(20)10-12-25(22,3)23(17)28/h13,15,19-22H,5-12,14H2,1-4H3/b17-13-/t19-,20+,21-,22-,24-,25-/m0/s1. The Morgan fingerprint density at radius 1 is 1.11 bits per heavy atom. The monoisotopic (exact) mass is 380 g/mol. The molecule has 4 aliphatic carbocycles. The van der Waals surface area contributed by atoms with E-state index >= 15 is 0 Å². The summed E-state index contributed by atoms with van der Waals surface area (Å²) in [5.41, 5.74) is 3.75. The first-order valence-electron chi connectivity index (χ1n) is 11.6. The normalized spacial score (nSPS) is 44.3. The van der Waals surface area contributed by atoms with E-state index in [2.05, 4.69) is 31.9 Å². The molecular weight excluding hydrogens is 344 g/mol. The van der Waals surface area contributed by atoms with Gasteiger partial charge in [-0.25, -0.2) is 0 Å². The second-order valence-corrected chi connectivity index (χ2v) is 10.9. The van der Waals surface area contributed by atoms with Crippen LogP contribution in [0, 0.1) is 41.4 Å². The van der Waals surface area contributed by atoms with E-state index < -0.39 is 0 Å². The Morgan fingerprint density at radius 2 is 1.93 bits per heavy atom. The molecule has 6 atom stereocenters. The molecular formula is C25H36N2O. The summed E-state index contributed by atoms with van der Waals surface area (Å²) in [5, 5.41) is 4.37. The van der Waals surface area contributed by atoms with Crippen molar-refractivity contribution in [3.8, 4) is 0 Å². The molecule has 1 aromatic heterocycles. The molecule has 152 valence electrons. The zero-order valence-corrected chi connectivity index (χ0v) is 18.1. The van der Waals surface area contributed by atoms with Gasteiger partial charge in [0.1, 0.15) is 0 Å². The average molecular weight is 381 g/mol. The molecule has 0 unspecified atom stereocenters. The Hall–Kier alpha value is -1.38. The van der Waals surface area contributed by atoms with Gasteiger partial charge >= 0.3 is 0 Å². The third-order valence-electron chi connectivity index (χ3n) is 9.83. The molecule has 0 spiro atoms. The molecule has 4 aliphatic rings. The molecule has 0 radical (unpaired) electrons. The number of Topliss-reactive ketones (excluding diaryl/α,β-unsaturated/α-hetero) is 1. The van der Waals surface area contributed by atoms with Gasteiger partial charge in [-0.2, -0.15) is 5.10 Å². The van der Waals surface area contributed by atoms with Gasteiger partial charge in [0.05, 0.1) is 6.20 Å². The van der Waals surface area contributed by atoms with Crippen molar-refractivity contribution in [3.63, 3.8) is 0 Å². The number of allylic oxidation sites excluding steroid dienone is 1. The van der Waals surface area contributed by atoms with Gasteiger partial charge in [0.2, 0.25) is 0 Å². The number of carbonyl (C=O) groups excluding carboxylic acids is 1. The number of carbonyl (C=O) groups is 1. The Morgan fingerprint density at radius 3 is 2.68 bits per heavy atom. The number of aromatic nitrogens is 2. The van der Waals surface area contributed by atoms with Crippen LogP contribution in [0.2, 0.25) is 0 Å². The second-order valence-electron chi connectivity index (χ2n) is 10.9. The van der Waals surface area contributed by atoms with E-state index in [-0.39, 0.29) is 5.41 Å². The Bertz CT molecular complexity index is 836. The maximum Gasteiger partial charge on any atom is 0.165 e. The summed E-state index contributed by atoms with van der Waals surface area (Å²) >= 11 is 0. The molecule has 0 N–H and O–H groups in total. The molecule has 0 amide bonds. The van der Waals surface area contributed by atoms with Crippen molar-refractivity contribution in [2.75, 3.05) is 0 Å². The lowest BCUT2D eigenvalue weighted by molar-refractivity contribution is -0.137. The largest absolute Gasteiger partial charge is 0.294 e. The molecule has 4 saturated carbocycles. The maximum absolute atomic E-state index is 13.5. The lowest BCUT2D eigenvalue weighted by Crippen LogP contribution is -2.52. The highest BCUT2D eigenvalue weighted by molar-refractivity contribution is 6.06. The summed E-state index contributed by atoms with van der Waals surface area (Å²) < 4.78 is 1.90. The Balaban J connectivity index is 1.47. The number of hydrogen-bond acceptors (Lipinski definition) is 2. The minimum Gasteiger partial charge on any atom is -0.294 e. The SMILES string of the molecule is Cc1c(/C=C2/C[C@H]3[C@@H]4CC[C@@H]5CCCC[C@]5(C)[C@H]4CC[C@]3(C)C2=O)cnn1C. The van der Waals surface area contributed by atoms with Crippen LogP contribution < -0.4 is 0 Å². The highest BCUT2D eigenvalue weighted by Crippen LogP contribution is 2.66. The molecule has 0 aromatic carbocycles. The van der Waals surface area contributed by atoms with Crippen molar-refractivity contribution in [2.24, 2.45) is 41.5 Å². The van der Waals surface area contributed by atoms with Crippen molar-refractivity contribution in [3.05, 3.63) is 23.0 Å². The smallest absolute Gasteiger partial charge is 0.165 e. The molecule has 0 saturated heterocycles. The summed E-state index contributed by atoms with van der Waals surface area (Å²) in [5.74, 6) is 3.54. The topological polar surface area (TPSA) is 34.9 Å². The molecule has 4 fully saturated rings. The Labute approximate surface area is 170 Å². The molecule has 0 aliphatic heterocycles. The molecule has 1 aromatic rings. The van der Waals surface area contributed by atoms with Gasteiger partial charge < -0.3 is 0 Å². The molecule has 1 heterocycles. The number of aryl methyl sites for hydroxylation is 1. The maximum atomic E-state index is 13.5. The first-order valence-corrected chi connectivity index (χ1v) is 11.6. The predicted molar refractivity (Wildman–Crippen MR) is 113 cm³/mol. The quantitative estimate of drug-likeness (QED) is 0.584. The summed E-state index contributed by atoms with van der Waals surface area (Å²) in [7, 11) is 1.98. The molecule has 5 rings (SSSR count). The Kier molecular flexibility index (Phi) is 4.20. The zero-order valence-electron chi connectivity index (χ0n) is 18.1. The van der Waals surface area contributed by atoms with Crippen molar-refractivity contribution < 1.29 is 4.79 Å². The average Bonchev–Trinajstić information content (AvgIpc) is 3.13.